The molecule has 602 valence electrons. The van der Waals surface area contributed by atoms with Crippen molar-refractivity contribution in [3.63, 3.8) is 0 Å². The molecule has 4 aliphatic carbocycles. The van der Waals surface area contributed by atoms with E-state index in [-0.39, 0.29) is 94.9 Å². The number of fused-ring (bicyclic) bond motifs is 6. The predicted octanol–water partition coefficient (Wildman–Crippen LogP) is -2.47. The van der Waals surface area contributed by atoms with E-state index in [1.807, 2.05) is 24.3 Å². The summed E-state index contributed by atoms with van der Waals surface area (Å²) in [4.78, 5) is 160. The van der Waals surface area contributed by atoms with Crippen LogP contribution in [0.15, 0.2) is 83.4 Å². The van der Waals surface area contributed by atoms with Gasteiger partial charge in [0.25, 0.3) is 5.91 Å². The smallest absolute Gasteiger partial charge is 0.252 e. The third-order valence-electron chi connectivity index (χ3n) is 21.5. The summed E-state index contributed by atoms with van der Waals surface area (Å²) in [6.45, 7) is -0.0586. The van der Waals surface area contributed by atoms with Crippen molar-refractivity contribution >= 4 is 85.8 Å². The fourth-order valence-electron chi connectivity index (χ4n) is 15.6. The Kier molecular flexibility index (Phi) is 31.6. The molecule has 35 heteroatoms. The number of nitrogens with two attached hydrogens (primary N) is 3. The molecule has 3 aromatic rings. The number of carbonyl (C=O) groups excluding carboxylic acids is 11. The molecule has 7 rings (SSSR count). The van der Waals surface area contributed by atoms with E-state index in [0.29, 0.717) is 43.2 Å². The average molecular weight is 1550 g/mol. The largest absolute Gasteiger partial charge is 0.395 e. The van der Waals surface area contributed by atoms with E-state index >= 15 is 4.39 Å². The lowest BCUT2D eigenvalue weighted by atomic mass is 9.44. The molecule has 1 heterocycles. The summed E-state index contributed by atoms with van der Waals surface area (Å²) in [6.07, 6.45) is 6.45. The SMILES string of the molecule is CC(C)CN(CC(=O)NCC(=O)N[C@@H](CO)C(N)=O)C(=O)CN(CCO)C(=O)CN(CCc1ccc(S(N)(=O)=O)cc1)C(=O)CN(CCO)C(=O)CN(CCc1c[nH]c2ccccc12)C(=O)CN(CCCCN)C(=O)COCCOCCNC(=O)[C@@]1(O)[C@H](C)C[C@H]2[C@@H]3CCC4=CC(=O)C=C[C@]4(C)[C@@]3(F)[C@@H](O)C[C@@]21C. The lowest BCUT2D eigenvalue weighted by molar-refractivity contribution is -0.219. The molecule has 1 aromatic heterocycles. The summed E-state index contributed by atoms with van der Waals surface area (Å²) >= 11 is 0. The Bertz CT molecular complexity index is 3920. The van der Waals surface area contributed by atoms with E-state index in [1.165, 1.54) is 46.2 Å². The van der Waals surface area contributed by atoms with Crippen LogP contribution in [0.4, 0.5) is 4.39 Å². The number of hydrogen-bond acceptors (Lipinski definition) is 21. The van der Waals surface area contributed by atoms with Crippen LogP contribution >= 0.6 is 0 Å². The second-order valence-corrected chi connectivity index (χ2v) is 30.9. The minimum absolute atomic E-state index is 0.0237. The van der Waals surface area contributed by atoms with Crippen LogP contribution in [-0.4, -0.2) is 301 Å². The number of alkyl halides is 1. The number of aromatic nitrogens is 1. The fraction of sp³-hybridized carbons (Fsp3) is 0.608. The van der Waals surface area contributed by atoms with Crippen molar-refractivity contribution in [3.8, 4) is 0 Å². The van der Waals surface area contributed by atoms with Gasteiger partial charge in [-0.3, -0.25) is 52.7 Å². The molecule has 109 heavy (non-hydrogen) atoms. The molecule has 0 aliphatic heterocycles. The van der Waals surface area contributed by atoms with Gasteiger partial charge >= 0.3 is 0 Å². The molecule has 0 bridgehead atoms. The first kappa shape index (κ1) is 87.6. The first-order valence-corrected chi connectivity index (χ1v) is 38.3. The van der Waals surface area contributed by atoms with Gasteiger partial charge in [0, 0.05) is 79.7 Å². The van der Waals surface area contributed by atoms with E-state index in [2.05, 4.69) is 20.9 Å². The molecule has 3 fully saturated rings. The molecular formula is C74H108FN13O20S. The molecule has 3 saturated carbocycles. The molecule has 4 aliphatic rings. The van der Waals surface area contributed by atoms with Gasteiger partial charge in [0.2, 0.25) is 63.2 Å². The Hall–Kier alpha value is -8.65. The number of H-pyrrole nitrogens is 1. The number of benzene rings is 2. The molecule has 0 unspecified atom stereocenters. The Labute approximate surface area is 633 Å². The predicted molar refractivity (Wildman–Crippen MR) is 394 cm³/mol. The molecule has 0 saturated heterocycles. The number of nitrogens with zero attached hydrogens (tertiary/aromatic N) is 6. The van der Waals surface area contributed by atoms with Gasteiger partial charge in [-0.1, -0.05) is 69.7 Å². The van der Waals surface area contributed by atoms with Crippen LogP contribution < -0.4 is 32.6 Å². The standard InChI is InChI=1S/C74H108FN13O20S/c1-48(2)39-88(40-62(95)81-38-61(94)82-59(46-91)69(77)102)67(100)45-87(28-30-90)65(98)42-84(25-19-50-12-15-54(16-13-50)109(78,105)106)64(97)44-86(27-29-89)66(99)43-85(26-20-51-37-80-58-11-7-6-10-55(51)58)63(96)41-83(24-9-8-22-76)68(101)47-108-33-32-107-31-23-79-70(103)74(104)49(3)34-57-56-17-14-52-35-53(92)18-21-71(52,4)73(56,75)60(93)36-72(57,74)5/h6-7,10-13,15-16,18,21,35,37,48-49,56-57,59-60,80,89-91,93,104H,8-9,14,17,19-20,22-34,36,38-47,76H2,1-5H3,(H2,77,102)(H,79,103)(H,81,95)(H,82,94)(H2,78,105,106)/t49-,56+,57+,59+,60+,71+,72+,73+,74+/m1/s1. The van der Waals surface area contributed by atoms with Gasteiger partial charge in [0.1, 0.15) is 12.6 Å². The number of allylic oxidation sites excluding steroid dienone is 4. The summed E-state index contributed by atoms with van der Waals surface area (Å²) in [5.41, 5.74) is 7.12. The minimum atomic E-state index is -4.11. The Morgan fingerprint density at radius 2 is 1.30 bits per heavy atom. The maximum atomic E-state index is 17.7. The van der Waals surface area contributed by atoms with E-state index in [1.54, 1.807) is 46.9 Å². The molecular weight excluding hydrogens is 1440 g/mol. The lowest BCUT2D eigenvalue weighted by Crippen LogP contribution is -2.70. The van der Waals surface area contributed by atoms with Crippen LogP contribution in [0.2, 0.25) is 0 Å². The van der Waals surface area contributed by atoms with Crippen LogP contribution in [0.25, 0.3) is 10.9 Å². The first-order chi connectivity index (χ1) is 51.6. The average Bonchev–Trinajstić information content (AvgIpc) is 1.68. The highest BCUT2D eigenvalue weighted by molar-refractivity contribution is 7.89. The third-order valence-corrected chi connectivity index (χ3v) is 22.5. The maximum Gasteiger partial charge on any atom is 0.252 e. The van der Waals surface area contributed by atoms with Crippen LogP contribution in [0.3, 0.4) is 0 Å². The third kappa shape index (κ3) is 21.7. The molecule has 0 spiro atoms. The van der Waals surface area contributed by atoms with Gasteiger partial charge in [-0.05, 0) is 124 Å². The number of aliphatic hydroxyl groups is 5. The van der Waals surface area contributed by atoms with Crippen molar-refractivity contribution in [1.29, 1.82) is 0 Å². The summed E-state index contributed by atoms with van der Waals surface area (Å²) in [7, 11) is -4.11. The number of sulfonamides is 1. The molecule has 15 N–H and O–H groups in total. The highest BCUT2D eigenvalue weighted by Crippen LogP contribution is 2.70. The van der Waals surface area contributed by atoms with Crippen LogP contribution in [0.5, 0.6) is 0 Å². The number of aliphatic hydroxyl groups excluding tert-OH is 4. The summed E-state index contributed by atoms with van der Waals surface area (Å²) in [5.74, 6) is -10.3. The Morgan fingerprint density at radius 1 is 0.725 bits per heavy atom. The van der Waals surface area contributed by atoms with Crippen molar-refractivity contribution in [2.24, 2.45) is 51.1 Å². The number of amides is 10. The monoisotopic (exact) mass is 1550 g/mol. The van der Waals surface area contributed by atoms with Crippen molar-refractivity contribution in [2.75, 3.05) is 144 Å². The van der Waals surface area contributed by atoms with Crippen molar-refractivity contribution in [3.05, 3.63) is 89.7 Å². The number of primary amides is 1. The van der Waals surface area contributed by atoms with E-state index in [0.717, 1.165) is 36.1 Å². The molecule has 0 radical (unpaired) electrons. The number of rotatable bonds is 43. The molecule has 33 nitrogen and oxygen atoms in total. The minimum Gasteiger partial charge on any atom is -0.395 e. The first-order valence-electron chi connectivity index (χ1n) is 36.8. The van der Waals surface area contributed by atoms with Gasteiger partial charge in [0.05, 0.1) is 96.5 Å². The van der Waals surface area contributed by atoms with Crippen molar-refractivity contribution in [2.45, 2.75) is 114 Å². The quantitative estimate of drug-likeness (QED) is 0.0261. The number of aromatic amines is 1. The second kappa shape index (κ2) is 39.3. The van der Waals surface area contributed by atoms with Crippen LogP contribution in [0.1, 0.15) is 84.3 Å². The Balaban J connectivity index is 1.00. The number of carbonyl (C=O) groups is 11. The summed E-state index contributed by atoms with van der Waals surface area (Å²) in [6, 6.07) is 11.3. The van der Waals surface area contributed by atoms with Gasteiger partial charge in [-0.15, -0.1) is 0 Å². The number of unbranched alkanes of at least 4 members (excludes halogenated alkanes) is 1. The van der Waals surface area contributed by atoms with Crippen molar-refractivity contribution < 1.29 is 101 Å². The molecule has 10 amide bonds. The number of nitrogens with one attached hydrogen (secondary N) is 4. The normalized spacial score (nSPS) is 22.3. The van der Waals surface area contributed by atoms with Crippen LogP contribution in [-0.2, 0) is 85.1 Å². The summed E-state index contributed by atoms with van der Waals surface area (Å²) in [5, 5.41) is 67.5. The number of hydrogen-bond donors (Lipinski definition) is 12. The number of ether oxygens (including phenoxy) is 2. The summed E-state index contributed by atoms with van der Waals surface area (Å²) < 4.78 is 53.4. The Morgan fingerprint density at radius 3 is 1.88 bits per heavy atom. The van der Waals surface area contributed by atoms with Gasteiger partial charge < -0.3 is 96.8 Å². The molecule has 9 atom stereocenters. The highest BCUT2D eigenvalue weighted by atomic mass is 32.2. The topological polar surface area (TPSA) is 491 Å². The van der Waals surface area contributed by atoms with Gasteiger partial charge in [-0.2, -0.15) is 0 Å². The fourth-order valence-corrected chi connectivity index (χ4v) is 16.1. The zero-order valence-electron chi connectivity index (χ0n) is 62.7. The number of para-hydroxylation sites is 1. The second-order valence-electron chi connectivity index (χ2n) is 29.3. The molecule has 2 aromatic carbocycles. The number of halogens is 1. The highest BCUT2D eigenvalue weighted by Gasteiger charge is 2.76. The van der Waals surface area contributed by atoms with E-state index < -0.39 is 206 Å². The zero-order valence-corrected chi connectivity index (χ0v) is 63.5. The van der Waals surface area contributed by atoms with Crippen molar-refractivity contribution in [1.82, 2.24) is 50.3 Å². The van der Waals surface area contributed by atoms with Crippen LogP contribution in [0, 0.1) is 34.5 Å². The maximum absolute atomic E-state index is 17.7. The van der Waals surface area contributed by atoms with Gasteiger partial charge in [0.15, 0.2) is 17.1 Å². The van der Waals surface area contributed by atoms with Gasteiger partial charge in [-0.25, -0.2) is 17.9 Å². The van der Waals surface area contributed by atoms with E-state index in [4.69, 9.17) is 26.1 Å². The number of ketones is 1. The van der Waals surface area contributed by atoms with E-state index in [9.17, 15) is 86.7 Å². The number of primary sulfonamides is 1. The zero-order chi connectivity index (χ0) is 80.2. The lowest BCUT2D eigenvalue weighted by Gasteiger charge is -2.62.